The average molecular weight is 127 g/mol. The van der Waals surface area contributed by atoms with Gasteiger partial charge in [-0.05, 0) is 6.42 Å². The van der Waals surface area contributed by atoms with Crippen LogP contribution in [-0.4, -0.2) is 18.6 Å². The maximum Gasteiger partial charge on any atom is 0.242 e. The molecule has 0 bridgehead atoms. The molecule has 2 rings (SSSR count). The van der Waals surface area contributed by atoms with Crippen molar-refractivity contribution in [3.05, 3.63) is 0 Å². The minimum atomic E-state index is -0.333. The first-order valence-electron chi connectivity index (χ1n) is 3.25. The molecule has 0 aromatic heterocycles. The van der Waals surface area contributed by atoms with Crippen LogP contribution in [0.2, 0.25) is 0 Å². The van der Waals surface area contributed by atoms with Crippen molar-refractivity contribution >= 4 is 6.21 Å². The maximum atomic E-state index is 5.35. The zero-order chi connectivity index (χ0) is 6.16. The van der Waals surface area contributed by atoms with E-state index in [0.717, 1.165) is 25.9 Å². The van der Waals surface area contributed by atoms with Gasteiger partial charge in [0.05, 0.1) is 19.2 Å². The van der Waals surface area contributed by atoms with Crippen molar-refractivity contribution < 1.29 is 9.57 Å². The molecule has 0 N–H and O–H groups in total. The normalized spacial score (nSPS) is 40.0. The predicted molar refractivity (Wildman–Crippen MR) is 32.1 cm³/mol. The Balaban J connectivity index is 2.07. The Labute approximate surface area is 53.6 Å². The van der Waals surface area contributed by atoms with Crippen LogP contribution >= 0.6 is 0 Å². The lowest BCUT2D eigenvalue weighted by Gasteiger charge is -2.17. The Hall–Kier alpha value is -0.570. The molecule has 2 aliphatic heterocycles. The molecule has 1 spiro atoms. The predicted octanol–water partition coefficient (Wildman–Crippen LogP) is 0.899. The van der Waals surface area contributed by atoms with Crippen molar-refractivity contribution in [2.75, 3.05) is 6.61 Å². The fourth-order valence-corrected chi connectivity index (χ4v) is 1.25. The number of oxime groups is 1. The average Bonchev–Trinajstić information content (AvgIpc) is 2.45. The lowest BCUT2D eigenvalue weighted by Crippen LogP contribution is -2.25. The Morgan fingerprint density at radius 2 is 2.56 bits per heavy atom. The Morgan fingerprint density at radius 3 is 3.11 bits per heavy atom. The molecule has 1 unspecified atom stereocenters. The highest BCUT2D eigenvalue weighted by molar-refractivity contribution is 5.59. The third-order valence-corrected chi connectivity index (χ3v) is 1.76. The number of rotatable bonds is 0. The Kier molecular flexibility index (Phi) is 0.990. The minimum Gasteiger partial charge on any atom is -0.360 e. The van der Waals surface area contributed by atoms with Gasteiger partial charge in [0.25, 0.3) is 0 Å². The first-order valence-corrected chi connectivity index (χ1v) is 3.25. The molecule has 0 radical (unpaired) electrons. The van der Waals surface area contributed by atoms with Gasteiger partial charge in [-0.15, -0.1) is 0 Å². The topological polar surface area (TPSA) is 30.8 Å². The molecule has 9 heavy (non-hydrogen) atoms. The van der Waals surface area contributed by atoms with E-state index in [1.165, 1.54) is 0 Å². The van der Waals surface area contributed by atoms with Gasteiger partial charge >= 0.3 is 0 Å². The molecule has 0 aliphatic carbocycles. The molecule has 0 saturated carbocycles. The van der Waals surface area contributed by atoms with E-state index in [-0.39, 0.29) is 5.79 Å². The molecule has 3 heteroatoms. The second kappa shape index (κ2) is 1.70. The van der Waals surface area contributed by atoms with Crippen molar-refractivity contribution in [2.24, 2.45) is 5.16 Å². The molecule has 1 saturated heterocycles. The molecular formula is C6H9NO2. The fraction of sp³-hybridized carbons (Fsp3) is 0.833. The first kappa shape index (κ1) is 5.23. The SMILES string of the molecule is C1=NOC2(C1)CCCO2. The highest BCUT2D eigenvalue weighted by Crippen LogP contribution is 2.32. The van der Waals surface area contributed by atoms with Crippen molar-refractivity contribution in [2.45, 2.75) is 25.0 Å². The summed E-state index contributed by atoms with van der Waals surface area (Å²) in [4.78, 5) is 5.05. The van der Waals surface area contributed by atoms with Crippen LogP contribution in [0.4, 0.5) is 0 Å². The highest BCUT2D eigenvalue weighted by Gasteiger charge is 2.39. The largest absolute Gasteiger partial charge is 0.360 e. The number of ether oxygens (including phenoxy) is 1. The summed E-state index contributed by atoms with van der Waals surface area (Å²) >= 11 is 0. The summed E-state index contributed by atoms with van der Waals surface area (Å²) in [5, 5.41) is 3.67. The van der Waals surface area contributed by atoms with E-state index in [4.69, 9.17) is 9.57 Å². The van der Waals surface area contributed by atoms with Gasteiger partial charge in [0, 0.05) is 6.42 Å². The van der Waals surface area contributed by atoms with Crippen LogP contribution in [0.15, 0.2) is 5.16 Å². The van der Waals surface area contributed by atoms with Gasteiger partial charge in [-0.25, -0.2) is 0 Å². The number of hydrogen-bond acceptors (Lipinski definition) is 3. The van der Waals surface area contributed by atoms with Crippen LogP contribution in [0.1, 0.15) is 19.3 Å². The molecule has 1 fully saturated rings. The zero-order valence-corrected chi connectivity index (χ0v) is 5.17. The van der Waals surface area contributed by atoms with Crippen molar-refractivity contribution in [3.8, 4) is 0 Å². The van der Waals surface area contributed by atoms with E-state index in [0.29, 0.717) is 0 Å². The minimum absolute atomic E-state index is 0.333. The standard InChI is InChI=1S/C6H9NO2/c1-2-6(8-5-1)3-4-7-9-6/h4H,1-3,5H2. The number of hydrogen-bond donors (Lipinski definition) is 0. The Bertz CT molecular complexity index is 128. The second-order valence-corrected chi connectivity index (χ2v) is 2.45. The van der Waals surface area contributed by atoms with Gasteiger partial charge in [0.1, 0.15) is 0 Å². The molecule has 0 aromatic carbocycles. The van der Waals surface area contributed by atoms with E-state index in [9.17, 15) is 0 Å². The summed E-state index contributed by atoms with van der Waals surface area (Å²) in [6, 6.07) is 0. The molecule has 2 aliphatic rings. The molecule has 2 heterocycles. The van der Waals surface area contributed by atoms with Crippen LogP contribution in [0.3, 0.4) is 0 Å². The van der Waals surface area contributed by atoms with Crippen LogP contribution in [0, 0.1) is 0 Å². The van der Waals surface area contributed by atoms with Crippen molar-refractivity contribution in [1.29, 1.82) is 0 Å². The van der Waals surface area contributed by atoms with Crippen molar-refractivity contribution in [1.82, 2.24) is 0 Å². The third kappa shape index (κ3) is 0.721. The van der Waals surface area contributed by atoms with Gasteiger partial charge in [-0.3, -0.25) is 0 Å². The molecule has 3 nitrogen and oxygen atoms in total. The molecule has 1 atom stereocenters. The summed E-state index contributed by atoms with van der Waals surface area (Å²) in [5.41, 5.74) is 0. The van der Waals surface area contributed by atoms with Crippen LogP contribution in [-0.2, 0) is 9.57 Å². The van der Waals surface area contributed by atoms with Gasteiger partial charge in [-0.1, -0.05) is 5.16 Å². The summed E-state index contributed by atoms with van der Waals surface area (Å²) < 4.78 is 5.35. The van der Waals surface area contributed by atoms with Gasteiger partial charge in [-0.2, -0.15) is 0 Å². The first-order chi connectivity index (χ1) is 4.41. The molecular weight excluding hydrogens is 118 g/mol. The second-order valence-electron chi connectivity index (χ2n) is 2.45. The number of nitrogens with zero attached hydrogens (tertiary/aromatic N) is 1. The van der Waals surface area contributed by atoms with E-state index >= 15 is 0 Å². The summed E-state index contributed by atoms with van der Waals surface area (Å²) in [6.07, 6.45) is 4.69. The summed E-state index contributed by atoms with van der Waals surface area (Å²) in [5.74, 6) is -0.333. The fourth-order valence-electron chi connectivity index (χ4n) is 1.25. The van der Waals surface area contributed by atoms with Crippen LogP contribution < -0.4 is 0 Å². The Morgan fingerprint density at radius 1 is 1.56 bits per heavy atom. The monoisotopic (exact) mass is 127 g/mol. The van der Waals surface area contributed by atoms with E-state index < -0.39 is 0 Å². The van der Waals surface area contributed by atoms with Crippen LogP contribution in [0.25, 0.3) is 0 Å². The lowest BCUT2D eigenvalue weighted by molar-refractivity contribution is -0.192. The third-order valence-electron chi connectivity index (χ3n) is 1.76. The summed E-state index contributed by atoms with van der Waals surface area (Å²) in [7, 11) is 0. The van der Waals surface area contributed by atoms with Crippen molar-refractivity contribution in [3.63, 3.8) is 0 Å². The van der Waals surface area contributed by atoms with E-state index in [1.807, 2.05) is 0 Å². The lowest BCUT2D eigenvalue weighted by atomic mass is 10.1. The zero-order valence-electron chi connectivity index (χ0n) is 5.17. The molecule has 0 amide bonds. The van der Waals surface area contributed by atoms with Crippen LogP contribution in [0.5, 0.6) is 0 Å². The molecule has 0 aromatic rings. The van der Waals surface area contributed by atoms with Gasteiger partial charge in [0.15, 0.2) is 0 Å². The maximum absolute atomic E-state index is 5.35. The van der Waals surface area contributed by atoms with Gasteiger partial charge in [0.2, 0.25) is 5.79 Å². The van der Waals surface area contributed by atoms with Gasteiger partial charge < -0.3 is 9.57 Å². The molecule has 50 valence electrons. The van der Waals surface area contributed by atoms with E-state index in [1.54, 1.807) is 6.21 Å². The quantitative estimate of drug-likeness (QED) is 0.484. The van der Waals surface area contributed by atoms with E-state index in [2.05, 4.69) is 5.16 Å². The smallest absolute Gasteiger partial charge is 0.242 e. The highest BCUT2D eigenvalue weighted by atomic mass is 16.8. The summed E-state index contributed by atoms with van der Waals surface area (Å²) in [6.45, 7) is 0.823.